The average Bonchev–Trinajstić information content (AvgIpc) is 3.32. The molecule has 2 aliphatic heterocycles. The molecule has 1 atom stereocenters. The van der Waals surface area contributed by atoms with Crippen LogP contribution in [0.1, 0.15) is 21.4 Å². The number of amides is 1. The van der Waals surface area contributed by atoms with Crippen molar-refractivity contribution in [3.63, 3.8) is 0 Å². The number of fused-ring (bicyclic) bond motifs is 1. The van der Waals surface area contributed by atoms with Crippen molar-refractivity contribution in [3.8, 4) is 0 Å². The topological polar surface area (TPSA) is 60.9 Å². The monoisotopic (exact) mass is 425 g/mol. The molecule has 1 amide bonds. The van der Waals surface area contributed by atoms with Crippen LogP contribution in [0, 0.1) is 0 Å². The third-order valence-electron chi connectivity index (χ3n) is 5.28. The van der Waals surface area contributed by atoms with Gasteiger partial charge in [0, 0.05) is 42.5 Å². The summed E-state index contributed by atoms with van der Waals surface area (Å²) in [5, 5.41) is 4.22. The van der Waals surface area contributed by atoms with Gasteiger partial charge in [0.15, 0.2) is 0 Å². The van der Waals surface area contributed by atoms with Crippen molar-refractivity contribution < 1.29 is 13.2 Å². The van der Waals surface area contributed by atoms with E-state index in [1.807, 2.05) is 0 Å². The fraction of sp³-hybridized carbons (Fsp3) is 0.500. The molecule has 0 aromatic carbocycles. The van der Waals surface area contributed by atoms with Crippen LogP contribution in [-0.4, -0.2) is 74.0 Å². The van der Waals surface area contributed by atoms with Gasteiger partial charge in [-0.1, -0.05) is 6.07 Å². The number of piperazine rings is 1. The fourth-order valence-corrected chi connectivity index (χ4v) is 6.47. The molecule has 6 nitrogen and oxygen atoms in total. The minimum atomic E-state index is -3.18. The van der Waals surface area contributed by atoms with Crippen LogP contribution >= 0.6 is 22.7 Å². The van der Waals surface area contributed by atoms with Gasteiger partial charge in [0.25, 0.3) is 0 Å². The molecule has 1 fully saturated rings. The van der Waals surface area contributed by atoms with Crippen LogP contribution in [0.4, 0.5) is 0 Å². The number of carbonyl (C=O) groups is 1. The van der Waals surface area contributed by atoms with Crippen LogP contribution in [0.25, 0.3) is 0 Å². The van der Waals surface area contributed by atoms with Gasteiger partial charge in [-0.15, -0.1) is 22.7 Å². The normalized spacial score (nSPS) is 22.0. The molecule has 0 aliphatic carbocycles. The first-order valence-electron chi connectivity index (χ1n) is 9.00. The van der Waals surface area contributed by atoms with E-state index in [1.165, 1.54) is 25.9 Å². The minimum Gasteiger partial charge on any atom is -0.339 e. The van der Waals surface area contributed by atoms with Crippen LogP contribution in [0.5, 0.6) is 0 Å². The Morgan fingerprint density at radius 1 is 1.11 bits per heavy atom. The van der Waals surface area contributed by atoms with Gasteiger partial charge in [-0.05, 0) is 34.9 Å². The first-order valence-corrected chi connectivity index (χ1v) is 12.6. The highest BCUT2D eigenvalue weighted by molar-refractivity contribution is 7.88. The van der Waals surface area contributed by atoms with E-state index in [2.05, 4.69) is 33.9 Å². The van der Waals surface area contributed by atoms with Crippen molar-refractivity contribution in [1.29, 1.82) is 0 Å². The lowest BCUT2D eigenvalue weighted by Gasteiger charge is -2.38. The third-order valence-corrected chi connectivity index (χ3v) is 8.50. The molecule has 2 aliphatic rings. The number of thiophene rings is 2. The lowest BCUT2D eigenvalue weighted by Crippen LogP contribution is -2.53. The molecule has 0 bridgehead atoms. The maximum atomic E-state index is 12.9. The van der Waals surface area contributed by atoms with E-state index >= 15 is 0 Å². The van der Waals surface area contributed by atoms with Gasteiger partial charge in [0.1, 0.15) is 0 Å². The van der Waals surface area contributed by atoms with Gasteiger partial charge in [-0.25, -0.2) is 8.42 Å². The molecule has 4 rings (SSSR count). The van der Waals surface area contributed by atoms with E-state index in [9.17, 15) is 13.2 Å². The van der Waals surface area contributed by atoms with Crippen LogP contribution < -0.4 is 0 Å². The minimum absolute atomic E-state index is 0.0865. The van der Waals surface area contributed by atoms with Gasteiger partial charge < -0.3 is 4.90 Å². The maximum Gasteiger partial charge on any atom is 0.236 e. The smallest absolute Gasteiger partial charge is 0.236 e. The first-order chi connectivity index (χ1) is 12.9. The predicted octanol–water partition coefficient (Wildman–Crippen LogP) is 1.86. The summed E-state index contributed by atoms with van der Waals surface area (Å²) in [5.74, 6) is 0.0865. The lowest BCUT2D eigenvalue weighted by molar-refractivity contribution is -0.134. The van der Waals surface area contributed by atoms with Crippen LogP contribution in [-0.2, 0) is 21.2 Å². The second-order valence-corrected chi connectivity index (χ2v) is 10.9. The zero-order valence-electron chi connectivity index (χ0n) is 15.2. The molecule has 2 aromatic rings. The molecule has 0 spiro atoms. The summed E-state index contributed by atoms with van der Waals surface area (Å²) in [7, 11) is -3.18. The summed E-state index contributed by atoms with van der Waals surface area (Å²) in [6, 6.07) is 6.53. The number of hydrogen-bond acceptors (Lipinski definition) is 6. The number of sulfonamides is 1. The molecule has 2 aromatic heterocycles. The molecule has 9 heteroatoms. The molecule has 0 unspecified atom stereocenters. The number of rotatable bonds is 4. The molecule has 0 saturated carbocycles. The van der Waals surface area contributed by atoms with E-state index < -0.39 is 10.0 Å². The van der Waals surface area contributed by atoms with Crippen LogP contribution in [0.2, 0.25) is 0 Å². The van der Waals surface area contributed by atoms with E-state index in [0.29, 0.717) is 32.7 Å². The highest BCUT2D eigenvalue weighted by Gasteiger charge is 2.33. The molecule has 0 N–H and O–H groups in total. The molecule has 146 valence electrons. The Morgan fingerprint density at radius 2 is 1.89 bits per heavy atom. The summed E-state index contributed by atoms with van der Waals surface area (Å²) >= 11 is 3.53. The standard InChI is InChI=1S/C18H23N3O3S3/c1-27(23,24)21-9-7-19(8-10-21)17(22)13-20-6-4-15-14(5-12-26-15)18(20)16-3-2-11-25-16/h2-3,5,11-12,18H,4,6-10,13H2,1H3/t18-/m0/s1. The van der Waals surface area contributed by atoms with Gasteiger partial charge in [-0.2, -0.15) is 4.31 Å². The van der Waals surface area contributed by atoms with E-state index in [1.54, 1.807) is 27.6 Å². The molecule has 4 heterocycles. The zero-order valence-corrected chi connectivity index (χ0v) is 17.7. The number of carbonyl (C=O) groups excluding carboxylic acids is 1. The van der Waals surface area contributed by atoms with Gasteiger partial charge in [0.2, 0.25) is 15.9 Å². The van der Waals surface area contributed by atoms with Crippen molar-refractivity contribution in [2.45, 2.75) is 12.5 Å². The number of nitrogens with zero attached hydrogens (tertiary/aromatic N) is 3. The van der Waals surface area contributed by atoms with Gasteiger partial charge in [-0.3, -0.25) is 9.69 Å². The van der Waals surface area contributed by atoms with Crippen molar-refractivity contribution in [1.82, 2.24) is 14.1 Å². The van der Waals surface area contributed by atoms with E-state index in [0.717, 1.165) is 13.0 Å². The Hall–Kier alpha value is -1.26. The summed E-state index contributed by atoms with van der Waals surface area (Å²) in [5.41, 5.74) is 1.32. The quantitative estimate of drug-likeness (QED) is 0.750. The van der Waals surface area contributed by atoms with Crippen molar-refractivity contribution in [2.24, 2.45) is 0 Å². The second kappa shape index (κ2) is 7.63. The molecule has 27 heavy (non-hydrogen) atoms. The summed E-state index contributed by atoms with van der Waals surface area (Å²) < 4.78 is 24.8. The van der Waals surface area contributed by atoms with Gasteiger partial charge >= 0.3 is 0 Å². The lowest BCUT2D eigenvalue weighted by atomic mass is 9.98. The fourth-order valence-electron chi connectivity index (χ4n) is 3.86. The van der Waals surface area contributed by atoms with Crippen LogP contribution in [0.15, 0.2) is 29.0 Å². The number of hydrogen-bond donors (Lipinski definition) is 0. The Balaban J connectivity index is 1.46. The third kappa shape index (κ3) is 3.97. The predicted molar refractivity (Wildman–Crippen MR) is 109 cm³/mol. The maximum absolute atomic E-state index is 12.9. The van der Waals surface area contributed by atoms with Crippen LogP contribution in [0.3, 0.4) is 0 Å². The Kier molecular flexibility index (Phi) is 5.39. The first kappa shape index (κ1) is 19.1. The SMILES string of the molecule is CS(=O)(=O)N1CCN(C(=O)CN2CCc3sccc3[C@H]2c2cccs2)CC1. The summed E-state index contributed by atoms with van der Waals surface area (Å²) in [6.45, 7) is 2.93. The average molecular weight is 426 g/mol. The highest BCUT2D eigenvalue weighted by atomic mass is 32.2. The molecular formula is C18H23N3O3S3. The van der Waals surface area contributed by atoms with E-state index in [-0.39, 0.29) is 11.9 Å². The molecular weight excluding hydrogens is 402 g/mol. The van der Waals surface area contributed by atoms with Crippen molar-refractivity contribution in [3.05, 3.63) is 44.3 Å². The Bertz CT molecular complexity index is 899. The summed E-state index contributed by atoms with van der Waals surface area (Å²) in [4.78, 5) is 19.7. The largest absolute Gasteiger partial charge is 0.339 e. The zero-order chi connectivity index (χ0) is 19.0. The van der Waals surface area contributed by atoms with Crippen molar-refractivity contribution >= 4 is 38.6 Å². The highest BCUT2D eigenvalue weighted by Crippen LogP contribution is 2.39. The van der Waals surface area contributed by atoms with E-state index in [4.69, 9.17) is 0 Å². The second-order valence-electron chi connectivity index (χ2n) is 6.98. The van der Waals surface area contributed by atoms with Gasteiger partial charge in [0.05, 0.1) is 18.8 Å². The molecule has 0 radical (unpaired) electrons. The summed E-state index contributed by atoms with van der Waals surface area (Å²) in [6.07, 6.45) is 2.20. The Labute approximate surface area is 168 Å². The van der Waals surface area contributed by atoms with Crippen molar-refractivity contribution in [2.75, 3.05) is 45.5 Å². The molecule has 1 saturated heterocycles. The Morgan fingerprint density at radius 3 is 2.56 bits per heavy atom.